The highest BCUT2D eigenvalue weighted by molar-refractivity contribution is 5.93. The number of carbonyl (C=O) groups is 2. The molecule has 1 fully saturated rings. The van der Waals surface area contributed by atoms with E-state index in [1.807, 2.05) is 23.1 Å². The molecule has 9 nitrogen and oxygen atoms in total. The van der Waals surface area contributed by atoms with Crippen LogP contribution in [-0.2, 0) is 20.7 Å². The highest BCUT2D eigenvalue weighted by atomic mass is 16.6. The highest BCUT2D eigenvalue weighted by Crippen LogP contribution is 2.31. The van der Waals surface area contributed by atoms with Crippen molar-refractivity contribution in [1.29, 1.82) is 0 Å². The van der Waals surface area contributed by atoms with Gasteiger partial charge in [0.1, 0.15) is 5.69 Å². The number of benzene rings is 2. The van der Waals surface area contributed by atoms with Crippen LogP contribution in [0.2, 0.25) is 0 Å². The van der Waals surface area contributed by atoms with Crippen LogP contribution >= 0.6 is 0 Å². The molecule has 2 aromatic carbocycles. The lowest BCUT2D eigenvalue weighted by atomic mass is 9.88. The standard InChI is InChI=1S/C23H25N3O6/c27-22(24-19-7-3-5-16-4-1-2-6-18(16)19)15-32-23(28)17-8-9-20(21(14-17)26(29)30)25-10-12-31-13-11-25/h1-2,4,6,8-9,14,19H,3,5,7,10-13,15H2,(H,24,27)/t19-/m1/s1. The van der Waals surface area contributed by atoms with Crippen molar-refractivity contribution in [1.82, 2.24) is 5.32 Å². The first-order valence-electron chi connectivity index (χ1n) is 10.7. The maximum Gasteiger partial charge on any atom is 0.338 e. The first-order chi connectivity index (χ1) is 15.5. The molecule has 2 aliphatic rings. The molecular formula is C23H25N3O6. The lowest BCUT2D eigenvalue weighted by Crippen LogP contribution is -2.36. The van der Waals surface area contributed by atoms with Crippen LogP contribution in [0.4, 0.5) is 11.4 Å². The Morgan fingerprint density at radius 1 is 1.19 bits per heavy atom. The van der Waals surface area contributed by atoms with E-state index in [-0.39, 0.29) is 17.3 Å². The molecule has 1 aliphatic carbocycles. The summed E-state index contributed by atoms with van der Waals surface area (Å²) in [6, 6.07) is 12.1. The summed E-state index contributed by atoms with van der Waals surface area (Å²) in [6.07, 6.45) is 2.78. The Morgan fingerprint density at radius 3 is 2.75 bits per heavy atom. The number of nitrogens with one attached hydrogen (secondary N) is 1. The summed E-state index contributed by atoms with van der Waals surface area (Å²) >= 11 is 0. The van der Waals surface area contributed by atoms with Crippen LogP contribution < -0.4 is 10.2 Å². The molecule has 9 heteroatoms. The third kappa shape index (κ3) is 4.88. The molecule has 1 atom stereocenters. The number of carbonyl (C=O) groups excluding carboxylic acids is 2. The van der Waals surface area contributed by atoms with E-state index < -0.39 is 23.4 Å². The van der Waals surface area contributed by atoms with Gasteiger partial charge in [0, 0.05) is 19.2 Å². The zero-order valence-electron chi connectivity index (χ0n) is 17.6. The highest BCUT2D eigenvalue weighted by Gasteiger charge is 2.25. The van der Waals surface area contributed by atoms with E-state index in [1.165, 1.54) is 17.7 Å². The maximum absolute atomic E-state index is 12.4. The van der Waals surface area contributed by atoms with Gasteiger partial charge in [-0.2, -0.15) is 0 Å². The number of hydrogen-bond donors (Lipinski definition) is 1. The van der Waals surface area contributed by atoms with Crippen LogP contribution in [0, 0.1) is 10.1 Å². The molecule has 1 amide bonds. The Balaban J connectivity index is 1.38. The van der Waals surface area contributed by atoms with Crippen molar-refractivity contribution in [3.63, 3.8) is 0 Å². The molecule has 0 aromatic heterocycles. The predicted molar refractivity (Wildman–Crippen MR) is 117 cm³/mol. The van der Waals surface area contributed by atoms with E-state index in [9.17, 15) is 19.7 Å². The summed E-state index contributed by atoms with van der Waals surface area (Å²) in [5.41, 5.74) is 2.60. The second-order valence-electron chi connectivity index (χ2n) is 7.85. The number of fused-ring (bicyclic) bond motifs is 1. The first-order valence-corrected chi connectivity index (χ1v) is 10.7. The monoisotopic (exact) mass is 439 g/mol. The lowest BCUT2D eigenvalue weighted by Gasteiger charge is -2.28. The average Bonchev–Trinajstić information content (AvgIpc) is 2.83. The average molecular weight is 439 g/mol. The molecule has 2 aromatic rings. The van der Waals surface area contributed by atoms with E-state index >= 15 is 0 Å². The fraction of sp³-hybridized carbons (Fsp3) is 0.391. The number of rotatable bonds is 6. The third-order valence-electron chi connectivity index (χ3n) is 5.80. The van der Waals surface area contributed by atoms with E-state index in [2.05, 4.69) is 11.4 Å². The van der Waals surface area contributed by atoms with Gasteiger partial charge >= 0.3 is 5.97 Å². The number of nitro benzene ring substituents is 1. The van der Waals surface area contributed by atoms with Gasteiger partial charge in [-0.3, -0.25) is 14.9 Å². The summed E-state index contributed by atoms with van der Waals surface area (Å²) in [4.78, 5) is 37.7. The second-order valence-corrected chi connectivity index (χ2v) is 7.85. The Bertz CT molecular complexity index is 1020. The minimum atomic E-state index is -0.777. The van der Waals surface area contributed by atoms with Gasteiger partial charge in [0.15, 0.2) is 6.61 Å². The molecule has 0 radical (unpaired) electrons. The number of anilines is 1. The number of hydrogen-bond acceptors (Lipinski definition) is 7. The molecule has 4 rings (SSSR count). The Kier molecular flexibility index (Phi) is 6.65. The fourth-order valence-electron chi connectivity index (χ4n) is 4.22. The van der Waals surface area contributed by atoms with Gasteiger partial charge in [0.25, 0.3) is 11.6 Å². The Morgan fingerprint density at radius 2 is 1.97 bits per heavy atom. The Hall–Kier alpha value is -3.46. The van der Waals surface area contributed by atoms with Gasteiger partial charge in [0.2, 0.25) is 0 Å². The van der Waals surface area contributed by atoms with E-state index in [0.717, 1.165) is 24.8 Å². The number of nitrogens with zero attached hydrogens (tertiary/aromatic N) is 2. The van der Waals surface area contributed by atoms with Crippen LogP contribution in [0.15, 0.2) is 42.5 Å². The zero-order valence-corrected chi connectivity index (χ0v) is 17.6. The van der Waals surface area contributed by atoms with E-state index in [4.69, 9.17) is 9.47 Å². The predicted octanol–water partition coefficient (Wildman–Crippen LogP) is 2.78. The number of amides is 1. The molecule has 0 unspecified atom stereocenters. The molecular weight excluding hydrogens is 414 g/mol. The van der Waals surface area contributed by atoms with Crippen molar-refractivity contribution < 1.29 is 24.0 Å². The zero-order chi connectivity index (χ0) is 22.5. The molecule has 0 saturated carbocycles. The van der Waals surface area contributed by atoms with Crippen molar-refractivity contribution in [3.05, 3.63) is 69.3 Å². The third-order valence-corrected chi connectivity index (χ3v) is 5.80. The van der Waals surface area contributed by atoms with Crippen LogP contribution in [0.1, 0.15) is 40.4 Å². The van der Waals surface area contributed by atoms with Gasteiger partial charge in [-0.25, -0.2) is 4.79 Å². The number of aryl methyl sites for hydroxylation is 1. The topological polar surface area (TPSA) is 111 Å². The summed E-state index contributed by atoms with van der Waals surface area (Å²) in [5.74, 6) is -1.18. The van der Waals surface area contributed by atoms with Crippen molar-refractivity contribution >= 4 is 23.3 Å². The molecule has 0 bridgehead atoms. The second kappa shape index (κ2) is 9.78. The molecule has 1 saturated heterocycles. The van der Waals surface area contributed by atoms with Crippen LogP contribution in [-0.4, -0.2) is 49.7 Å². The minimum absolute atomic E-state index is 0.0320. The van der Waals surface area contributed by atoms with Crippen LogP contribution in [0.25, 0.3) is 0 Å². The van der Waals surface area contributed by atoms with Gasteiger partial charge in [-0.1, -0.05) is 24.3 Å². The van der Waals surface area contributed by atoms with E-state index in [0.29, 0.717) is 32.0 Å². The quantitative estimate of drug-likeness (QED) is 0.419. The van der Waals surface area contributed by atoms with Gasteiger partial charge in [-0.05, 0) is 42.5 Å². The summed E-state index contributed by atoms with van der Waals surface area (Å²) in [5, 5.41) is 14.5. The van der Waals surface area contributed by atoms with E-state index in [1.54, 1.807) is 6.07 Å². The SMILES string of the molecule is O=C(COC(=O)c1ccc(N2CCOCC2)c([N+](=O)[O-])c1)N[C@@H]1CCCc2ccccc21. The van der Waals surface area contributed by atoms with Crippen molar-refractivity contribution in [3.8, 4) is 0 Å². The van der Waals surface area contributed by atoms with Gasteiger partial charge in [-0.15, -0.1) is 0 Å². The van der Waals surface area contributed by atoms with Crippen molar-refractivity contribution in [2.75, 3.05) is 37.8 Å². The number of esters is 1. The van der Waals surface area contributed by atoms with Crippen molar-refractivity contribution in [2.45, 2.75) is 25.3 Å². The first kappa shape index (κ1) is 21.8. The van der Waals surface area contributed by atoms with Gasteiger partial charge < -0.3 is 19.7 Å². The van der Waals surface area contributed by atoms with Crippen molar-refractivity contribution in [2.24, 2.45) is 0 Å². The maximum atomic E-state index is 12.4. The number of morpholine rings is 1. The summed E-state index contributed by atoms with van der Waals surface area (Å²) < 4.78 is 10.4. The number of ether oxygens (including phenoxy) is 2. The Labute approximate surface area is 185 Å². The van der Waals surface area contributed by atoms with Gasteiger partial charge in [0.05, 0.1) is 29.7 Å². The molecule has 1 N–H and O–H groups in total. The fourth-order valence-corrected chi connectivity index (χ4v) is 4.22. The molecule has 0 spiro atoms. The number of nitro groups is 1. The molecule has 1 heterocycles. The normalized spacial score (nSPS) is 17.9. The smallest absolute Gasteiger partial charge is 0.338 e. The summed E-state index contributed by atoms with van der Waals surface area (Å²) in [6.45, 7) is 1.60. The minimum Gasteiger partial charge on any atom is -0.452 e. The summed E-state index contributed by atoms with van der Waals surface area (Å²) in [7, 11) is 0. The molecule has 32 heavy (non-hydrogen) atoms. The van der Waals surface area contributed by atoms with Crippen LogP contribution in [0.5, 0.6) is 0 Å². The molecule has 168 valence electrons. The lowest BCUT2D eigenvalue weighted by molar-refractivity contribution is -0.384. The van der Waals surface area contributed by atoms with Crippen LogP contribution in [0.3, 0.4) is 0 Å². The largest absolute Gasteiger partial charge is 0.452 e. The molecule has 1 aliphatic heterocycles.